The maximum atomic E-state index is 11.5. The molecule has 2 aromatic carbocycles. The number of allylic oxidation sites excluding steroid dienone is 1. The van der Waals surface area contributed by atoms with Gasteiger partial charge in [-0.2, -0.15) is 4.98 Å². The monoisotopic (exact) mass is 350 g/mol. The standard InChI is InChI=1S/C18H14N4O4/c23-14-7-6-11(8-15(14)24)13-9-12(17(25)26)19-18-20-16(21-22(13)18)10-4-2-1-3-5-10/h1-9,13,23-24H,(H,25,26)(H,19,20,21). The quantitative estimate of drug-likeness (QED) is 0.535. The Bertz CT molecular complexity index is 1030. The number of carbonyl (C=O) groups is 1. The summed E-state index contributed by atoms with van der Waals surface area (Å²) in [6.45, 7) is 0. The zero-order chi connectivity index (χ0) is 18.3. The molecule has 1 aliphatic rings. The number of nitrogens with zero attached hydrogens (tertiary/aromatic N) is 3. The van der Waals surface area contributed by atoms with Crippen LogP contribution in [0.2, 0.25) is 0 Å². The van der Waals surface area contributed by atoms with E-state index < -0.39 is 12.0 Å². The SMILES string of the molecule is O=C(O)C1=CC(c2ccc(O)c(O)c2)n2nc(-c3ccccc3)nc2N1. The first kappa shape index (κ1) is 15.7. The molecule has 4 rings (SSSR count). The predicted octanol–water partition coefficient (Wildman–Crippen LogP) is 2.34. The van der Waals surface area contributed by atoms with Crippen LogP contribution in [-0.2, 0) is 4.79 Å². The lowest BCUT2D eigenvalue weighted by Gasteiger charge is -2.22. The first-order valence-electron chi connectivity index (χ1n) is 7.79. The third-order valence-corrected chi connectivity index (χ3v) is 4.07. The number of benzene rings is 2. The van der Waals surface area contributed by atoms with Crippen molar-refractivity contribution >= 4 is 11.9 Å². The molecule has 0 aliphatic carbocycles. The van der Waals surface area contributed by atoms with Crippen molar-refractivity contribution in [3.8, 4) is 22.9 Å². The second-order valence-electron chi connectivity index (χ2n) is 5.77. The van der Waals surface area contributed by atoms with Gasteiger partial charge in [0.1, 0.15) is 11.7 Å². The Morgan fingerprint density at radius 2 is 1.85 bits per heavy atom. The molecule has 2 heterocycles. The summed E-state index contributed by atoms with van der Waals surface area (Å²) in [7, 11) is 0. The van der Waals surface area contributed by atoms with E-state index in [0.29, 0.717) is 11.4 Å². The van der Waals surface area contributed by atoms with Crippen molar-refractivity contribution in [2.75, 3.05) is 5.32 Å². The number of phenols is 2. The largest absolute Gasteiger partial charge is 0.504 e. The summed E-state index contributed by atoms with van der Waals surface area (Å²) in [5.74, 6) is -0.957. The van der Waals surface area contributed by atoms with Crippen molar-refractivity contribution < 1.29 is 20.1 Å². The summed E-state index contributed by atoms with van der Waals surface area (Å²) in [5, 5.41) is 35.9. The Morgan fingerprint density at radius 1 is 1.08 bits per heavy atom. The first-order chi connectivity index (χ1) is 12.5. The number of aromatic nitrogens is 3. The van der Waals surface area contributed by atoms with Gasteiger partial charge in [-0.15, -0.1) is 5.10 Å². The van der Waals surface area contributed by atoms with Gasteiger partial charge in [0.15, 0.2) is 17.3 Å². The molecule has 1 aromatic heterocycles. The van der Waals surface area contributed by atoms with Crippen molar-refractivity contribution in [2.24, 2.45) is 0 Å². The van der Waals surface area contributed by atoms with E-state index in [1.165, 1.54) is 18.2 Å². The zero-order valence-electron chi connectivity index (χ0n) is 13.4. The van der Waals surface area contributed by atoms with Crippen LogP contribution in [0, 0.1) is 0 Å². The number of fused-ring (bicyclic) bond motifs is 1. The minimum absolute atomic E-state index is 0.0397. The molecule has 26 heavy (non-hydrogen) atoms. The smallest absolute Gasteiger partial charge is 0.352 e. The van der Waals surface area contributed by atoms with Crippen molar-refractivity contribution in [3.05, 3.63) is 65.9 Å². The number of carboxylic acid groups (broad SMARTS) is 1. The molecule has 0 fully saturated rings. The van der Waals surface area contributed by atoms with Gasteiger partial charge < -0.3 is 20.6 Å². The third kappa shape index (κ3) is 2.63. The second-order valence-corrected chi connectivity index (χ2v) is 5.77. The number of aromatic hydroxyl groups is 2. The van der Waals surface area contributed by atoms with Crippen molar-refractivity contribution in [2.45, 2.75) is 6.04 Å². The molecule has 0 amide bonds. The molecule has 8 nitrogen and oxygen atoms in total. The van der Waals surface area contributed by atoms with E-state index in [-0.39, 0.29) is 23.1 Å². The molecule has 1 unspecified atom stereocenters. The summed E-state index contributed by atoms with van der Waals surface area (Å²) in [6.07, 6.45) is 1.48. The average molecular weight is 350 g/mol. The molecule has 3 aromatic rings. The molecule has 1 aliphatic heterocycles. The lowest BCUT2D eigenvalue weighted by molar-refractivity contribution is -0.132. The summed E-state index contributed by atoms with van der Waals surface area (Å²) < 4.78 is 1.54. The summed E-state index contributed by atoms with van der Waals surface area (Å²) in [5.41, 5.74) is 1.31. The summed E-state index contributed by atoms with van der Waals surface area (Å²) in [6, 6.07) is 13.0. The van der Waals surface area contributed by atoms with Crippen molar-refractivity contribution in [1.29, 1.82) is 0 Å². The van der Waals surface area contributed by atoms with Crippen LogP contribution in [-0.4, -0.2) is 36.1 Å². The molecule has 0 saturated heterocycles. The van der Waals surface area contributed by atoms with Crippen LogP contribution in [0.4, 0.5) is 5.95 Å². The van der Waals surface area contributed by atoms with Gasteiger partial charge in [-0.25, -0.2) is 9.48 Å². The minimum Gasteiger partial charge on any atom is -0.504 e. The fourth-order valence-electron chi connectivity index (χ4n) is 2.79. The molecule has 8 heteroatoms. The van der Waals surface area contributed by atoms with E-state index in [2.05, 4.69) is 15.4 Å². The van der Waals surface area contributed by atoms with Gasteiger partial charge in [-0.3, -0.25) is 0 Å². The van der Waals surface area contributed by atoms with Crippen LogP contribution in [0.15, 0.2) is 60.3 Å². The number of phenolic OH excluding ortho intramolecular Hbond substituents is 2. The van der Waals surface area contributed by atoms with E-state index >= 15 is 0 Å². The van der Waals surface area contributed by atoms with Crippen LogP contribution in [0.5, 0.6) is 11.5 Å². The van der Waals surface area contributed by atoms with Crippen LogP contribution < -0.4 is 5.32 Å². The minimum atomic E-state index is -1.13. The highest BCUT2D eigenvalue weighted by atomic mass is 16.4. The molecule has 0 spiro atoms. The maximum absolute atomic E-state index is 11.5. The van der Waals surface area contributed by atoms with Gasteiger partial charge in [-0.1, -0.05) is 36.4 Å². The number of anilines is 1. The molecule has 130 valence electrons. The Morgan fingerprint density at radius 3 is 2.54 bits per heavy atom. The Labute approximate surface area is 147 Å². The Kier molecular flexibility index (Phi) is 3.58. The highest BCUT2D eigenvalue weighted by molar-refractivity contribution is 5.90. The van der Waals surface area contributed by atoms with Crippen LogP contribution in [0.1, 0.15) is 11.6 Å². The van der Waals surface area contributed by atoms with Crippen molar-refractivity contribution in [3.63, 3.8) is 0 Å². The lowest BCUT2D eigenvalue weighted by atomic mass is 10.0. The average Bonchev–Trinajstić information content (AvgIpc) is 3.08. The van der Waals surface area contributed by atoms with Crippen LogP contribution >= 0.6 is 0 Å². The number of carboxylic acids is 1. The third-order valence-electron chi connectivity index (χ3n) is 4.07. The fraction of sp³-hybridized carbons (Fsp3) is 0.0556. The molecular weight excluding hydrogens is 336 g/mol. The maximum Gasteiger partial charge on any atom is 0.352 e. The highest BCUT2D eigenvalue weighted by Gasteiger charge is 2.28. The number of hydrogen-bond acceptors (Lipinski definition) is 6. The van der Waals surface area contributed by atoms with Gasteiger partial charge in [0.2, 0.25) is 5.95 Å². The molecule has 0 saturated carbocycles. The van der Waals surface area contributed by atoms with Crippen LogP contribution in [0.25, 0.3) is 11.4 Å². The van der Waals surface area contributed by atoms with E-state index in [0.717, 1.165) is 5.56 Å². The topological polar surface area (TPSA) is 120 Å². The summed E-state index contributed by atoms with van der Waals surface area (Å²) >= 11 is 0. The zero-order valence-corrected chi connectivity index (χ0v) is 13.4. The molecule has 0 bridgehead atoms. The van der Waals surface area contributed by atoms with Gasteiger partial charge in [0.25, 0.3) is 0 Å². The molecule has 1 atom stereocenters. The number of aliphatic carboxylic acids is 1. The highest BCUT2D eigenvalue weighted by Crippen LogP contribution is 2.34. The van der Waals surface area contributed by atoms with Gasteiger partial charge in [0, 0.05) is 5.56 Å². The Hall–Kier alpha value is -3.81. The van der Waals surface area contributed by atoms with Gasteiger partial charge in [-0.05, 0) is 23.8 Å². The molecular formula is C18H14N4O4. The van der Waals surface area contributed by atoms with E-state index in [4.69, 9.17) is 0 Å². The molecule has 0 radical (unpaired) electrons. The van der Waals surface area contributed by atoms with E-state index in [9.17, 15) is 20.1 Å². The van der Waals surface area contributed by atoms with E-state index in [1.807, 2.05) is 30.3 Å². The number of hydrogen-bond donors (Lipinski definition) is 4. The summed E-state index contributed by atoms with van der Waals surface area (Å²) in [4.78, 5) is 15.9. The molecule has 4 N–H and O–H groups in total. The van der Waals surface area contributed by atoms with E-state index in [1.54, 1.807) is 10.7 Å². The van der Waals surface area contributed by atoms with Gasteiger partial charge >= 0.3 is 5.97 Å². The van der Waals surface area contributed by atoms with Crippen LogP contribution in [0.3, 0.4) is 0 Å². The van der Waals surface area contributed by atoms with Crippen molar-refractivity contribution in [1.82, 2.24) is 14.8 Å². The van der Waals surface area contributed by atoms with Gasteiger partial charge in [0.05, 0.1) is 0 Å². The predicted molar refractivity (Wildman–Crippen MR) is 92.7 cm³/mol. The first-order valence-corrected chi connectivity index (χ1v) is 7.79. The lowest BCUT2D eigenvalue weighted by Crippen LogP contribution is -2.24. The fourth-order valence-corrected chi connectivity index (χ4v) is 2.79. The second kappa shape index (κ2) is 5.92. The Balaban J connectivity index is 1.84. The number of rotatable bonds is 3. The number of nitrogens with one attached hydrogen (secondary N) is 1. The normalized spacial score (nSPS) is 15.7.